The Kier molecular flexibility index (Phi) is 1.62. The van der Waals surface area contributed by atoms with Gasteiger partial charge in [0.05, 0.1) is 16.8 Å². The first kappa shape index (κ1) is 7.70. The lowest BCUT2D eigenvalue weighted by Gasteiger charge is -1.89. The number of carbonyl (C=O) groups is 1. The first-order valence-electron chi connectivity index (χ1n) is 3.33. The molecule has 0 aromatic carbocycles. The first-order valence-corrected chi connectivity index (χ1v) is 4.92. The van der Waals surface area contributed by atoms with Crippen molar-refractivity contribution in [3.63, 3.8) is 0 Å². The molecule has 0 aliphatic heterocycles. The van der Waals surface area contributed by atoms with Gasteiger partial charge in [-0.25, -0.2) is 0 Å². The maximum atomic E-state index is 11.0. The number of thiophene rings is 1. The fraction of sp³-hybridized carbons (Fsp3) is 0.143. The van der Waals surface area contributed by atoms with E-state index in [0.29, 0.717) is 10.6 Å². The van der Waals surface area contributed by atoms with Gasteiger partial charge in [0.15, 0.2) is 5.78 Å². The highest BCUT2D eigenvalue weighted by molar-refractivity contribution is 7.37. The fourth-order valence-corrected chi connectivity index (χ4v) is 2.88. The monoisotopic (exact) mass is 198 g/mol. The zero-order valence-corrected chi connectivity index (χ0v) is 7.96. The predicted molar refractivity (Wildman–Crippen MR) is 51.9 cm³/mol. The second-order valence-electron chi connectivity index (χ2n) is 2.43. The van der Waals surface area contributed by atoms with Crippen LogP contribution in [0.25, 0.3) is 9.40 Å². The molecular weight excluding hydrogens is 192 g/mol. The predicted octanol–water partition coefficient (Wildman–Crippen LogP) is 2.14. The largest absolute Gasteiger partial charge is 0.397 e. The highest BCUT2D eigenvalue weighted by Crippen LogP contribution is 2.35. The molecule has 0 aliphatic rings. The molecule has 2 heterocycles. The lowest BCUT2D eigenvalue weighted by Crippen LogP contribution is -1.93. The normalized spacial score (nSPS) is 10.8. The molecule has 0 aliphatic carbocycles. The van der Waals surface area contributed by atoms with E-state index in [4.69, 9.17) is 5.73 Å². The van der Waals surface area contributed by atoms with E-state index in [0.717, 1.165) is 9.40 Å². The summed E-state index contributed by atoms with van der Waals surface area (Å²) < 4.78 is 5.01. The van der Waals surface area contributed by atoms with Crippen LogP contribution in [-0.4, -0.2) is 10.2 Å². The van der Waals surface area contributed by atoms with Crippen LogP contribution in [0.1, 0.15) is 16.6 Å². The van der Waals surface area contributed by atoms with Crippen molar-refractivity contribution in [2.75, 3.05) is 5.73 Å². The zero-order valence-electron chi connectivity index (χ0n) is 6.33. The molecule has 2 aromatic rings. The summed E-state index contributed by atoms with van der Waals surface area (Å²) in [6.45, 7) is 1.53. The van der Waals surface area contributed by atoms with E-state index in [2.05, 4.69) is 4.37 Å². The molecule has 0 saturated heterocycles. The van der Waals surface area contributed by atoms with Crippen LogP contribution in [0.3, 0.4) is 0 Å². The number of hydrogen-bond acceptors (Lipinski definition) is 5. The number of ketones is 1. The number of hydrogen-bond donors (Lipinski definition) is 1. The summed E-state index contributed by atoms with van der Waals surface area (Å²) in [5.41, 5.74) is 6.32. The second kappa shape index (κ2) is 2.53. The van der Waals surface area contributed by atoms with Crippen molar-refractivity contribution in [1.82, 2.24) is 4.37 Å². The Morgan fingerprint density at radius 1 is 1.67 bits per heavy atom. The summed E-state index contributed by atoms with van der Waals surface area (Å²) in [6, 6.07) is 0. The Balaban J connectivity index is 2.78. The van der Waals surface area contributed by atoms with Gasteiger partial charge < -0.3 is 5.73 Å². The fourth-order valence-electron chi connectivity index (χ4n) is 1.01. The molecule has 0 spiro atoms. The van der Waals surface area contributed by atoms with E-state index in [1.54, 1.807) is 6.20 Å². The zero-order chi connectivity index (χ0) is 8.72. The molecule has 12 heavy (non-hydrogen) atoms. The van der Waals surface area contributed by atoms with Gasteiger partial charge in [0.1, 0.15) is 4.01 Å². The van der Waals surface area contributed by atoms with Crippen molar-refractivity contribution in [3.05, 3.63) is 11.1 Å². The minimum atomic E-state index is 0.0286. The van der Waals surface area contributed by atoms with Crippen LogP contribution in [0.15, 0.2) is 6.20 Å². The van der Waals surface area contributed by atoms with Crippen molar-refractivity contribution in [2.45, 2.75) is 6.92 Å². The van der Waals surface area contributed by atoms with E-state index in [1.165, 1.54) is 29.8 Å². The average molecular weight is 198 g/mol. The van der Waals surface area contributed by atoms with Crippen LogP contribution in [0.5, 0.6) is 0 Å². The van der Waals surface area contributed by atoms with Crippen LogP contribution in [0.4, 0.5) is 5.69 Å². The molecule has 0 fully saturated rings. The van der Waals surface area contributed by atoms with Gasteiger partial charge in [0, 0.05) is 12.3 Å². The minimum absolute atomic E-state index is 0.0286. The second-order valence-corrected chi connectivity index (χ2v) is 4.51. The van der Waals surface area contributed by atoms with Crippen molar-refractivity contribution >= 4 is 43.7 Å². The summed E-state index contributed by atoms with van der Waals surface area (Å²) in [4.78, 5) is 11.7. The number of Topliss-reactive ketones (excluding diaryl/α,β-unsaturated/α-hetero) is 1. The number of aromatic nitrogens is 1. The molecule has 0 amide bonds. The Hall–Kier alpha value is -0.940. The lowest BCUT2D eigenvalue weighted by molar-refractivity contribution is 0.102. The summed E-state index contributed by atoms with van der Waals surface area (Å²) in [5.74, 6) is 0.0286. The SMILES string of the molecule is CC(=O)c1sc2sncc2c1N. The maximum absolute atomic E-state index is 11.0. The van der Waals surface area contributed by atoms with Crippen molar-refractivity contribution < 1.29 is 4.79 Å². The van der Waals surface area contributed by atoms with Gasteiger partial charge in [-0.1, -0.05) is 0 Å². The molecule has 2 N–H and O–H groups in total. The van der Waals surface area contributed by atoms with E-state index in [9.17, 15) is 4.79 Å². The van der Waals surface area contributed by atoms with Gasteiger partial charge in [0.25, 0.3) is 0 Å². The molecule has 62 valence electrons. The average Bonchev–Trinajstić information content (AvgIpc) is 2.53. The molecule has 3 nitrogen and oxygen atoms in total. The molecule has 0 unspecified atom stereocenters. The molecule has 0 radical (unpaired) electrons. The number of carbonyl (C=O) groups excluding carboxylic acids is 1. The van der Waals surface area contributed by atoms with Crippen LogP contribution in [0, 0.1) is 0 Å². The number of fused-ring (bicyclic) bond motifs is 1. The van der Waals surface area contributed by atoms with Gasteiger partial charge >= 0.3 is 0 Å². The molecule has 0 saturated carbocycles. The molecule has 0 bridgehead atoms. The molecule has 2 aromatic heterocycles. The number of rotatable bonds is 1. The quantitative estimate of drug-likeness (QED) is 0.714. The number of nitrogens with two attached hydrogens (primary N) is 1. The highest BCUT2D eigenvalue weighted by Gasteiger charge is 2.13. The Morgan fingerprint density at radius 3 is 3.00 bits per heavy atom. The minimum Gasteiger partial charge on any atom is -0.397 e. The van der Waals surface area contributed by atoms with Gasteiger partial charge in [-0.15, -0.1) is 11.3 Å². The van der Waals surface area contributed by atoms with Crippen LogP contribution in [-0.2, 0) is 0 Å². The summed E-state index contributed by atoms with van der Waals surface area (Å²) >= 11 is 2.80. The molecule has 2 rings (SSSR count). The lowest BCUT2D eigenvalue weighted by atomic mass is 10.3. The van der Waals surface area contributed by atoms with E-state index in [-0.39, 0.29) is 5.78 Å². The molecule has 5 heteroatoms. The van der Waals surface area contributed by atoms with Crippen molar-refractivity contribution in [2.24, 2.45) is 0 Å². The number of anilines is 1. The van der Waals surface area contributed by atoms with Gasteiger partial charge in [0.2, 0.25) is 0 Å². The van der Waals surface area contributed by atoms with Gasteiger partial charge in [-0.2, -0.15) is 4.37 Å². The number of nitrogen functional groups attached to an aromatic ring is 1. The molecule has 0 atom stereocenters. The third-order valence-electron chi connectivity index (χ3n) is 1.59. The number of nitrogens with zero attached hydrogens (tertiary/aromatic N) is 1. The van der Waals surface area contributed by atoms with Crippen molar-refractivity contribution in [3.8, 4) is 0 Å². The standard InChI is InChI=1S/C7H6N2OS2/c1-3(10)6-5(8)4-2-9-12-7(4)11-6/h2H,8H2,1H3. The van der Waals surface area contributed by atoms with Crippen LogP contribution in [0.2, 0.25) is 0 Å². The smallest absolute Gasteiger partial charge is 0.171 e. The summed E-state index contributed by atoms with van der Waals surface area (Å²) in [6.07, 6.45) is 1.71. The maximum Gasteiger partial charge on any atom is 0.171 e. The Bertz CT molecular complexity index is 443. The Morgan fingerprint density at radius 2 is 2.42 bits per heavy atom. The molecular formula is C7H6N2OS2. The summed E-state index contributed by atoms with van der Waals surface area (Å²) in [7, 11) is 0. The van der Waals surface area contributed by atoms with Gasteiger partial charge in [-0.05, 0) is 11.5 Å². The van der Waals surface area contributed by atoms with Gasteiger partial charge in [-0.3, -0.25) is 4.79 Å². The van der Waals surface area contributed by atoms with Crippen molar-refractivity contribution in [1.29, 1.82) is 0 Å². The van der Waals surface area contributed by atoms with E-state index >= 15 is 0 Å². The highest BCUT2D eigenvalue weighted by atomic mass is 32.2. The van der Waals surface area contributed by atoms with Crippen LogP contribution < -0.4 is 5.73 Å². The van der Waals surface area contributed by atoms with E-state index < -0.39 is 0 Å². The van der Waals surface area contributed by atoms with Crippen LogP contribution >= 0.6 is 22.9 Å². The Labute approximate surface area is 77.0 Å². The summed E-state index contributed by atoms with van der Waals surface area (Å²) in [5, 5.41) is 0.912. The topological polar surface area (TPSA) is 56.0 Å². The first-order chi connectivity index (χ1) is 5.70. The third kappa shape index (κ3) is 0.937. The van der Waals surface area contributed by atoms with E-state index in [1.807, 2.05) is 0 Å². The third-order valence-corrected chi connectivity index (χ3v) is 3.77.